The van der Waals surface area contributed by atoms with E-state index in [1.54, 1.807) is 4.90 Å². The molecule has 5 rings (SSSR count). The first-order chi connectivity index (χ1) is 16.8. The fraction of sp³-hybridized carbons (Fsp3) is 0.517. The summed E-state index contributed by atoms with van der Waals surface area (Å²) in [5.74, 6) is 0.850. The van der Waals surface area contributed by atoms with Gasteiger partial charge in [0.1, 0.15) is 11.6 Å². The minimum absolute atomic E-state index is 0.0521. The van der Waals surface area contributed by atoms with Crippen molar-refractivity contribution in [1.29, 1.82) is 0 Å². The van der Waals surface area contributed by atoms with E-state index < -0.39 is 17.7 Å². The molecular formula is C29H37N3O3. The molecule has 35 heavy (non-hydrogen) atoms. The summed E-state index contributed by atoms with van der Waals surface area (Å²) in [5.41, 5.74) is 2.94. The van der Waals surface area contributed by atoms with Crippen LogP contribution < -0.4 is 5.32 Å². The second-order valence-electron chi connectivity index (χ2n) is 11.4. The van der Waals surface area contributed by atoms with Gasteiger partial charge in [0, 0.05) is 32.1 Å². The third kappa shape index (κ3) is 5.37. The van der Waals surface area contributed by atoms with Crippen molar-refractivity contribution in [2.75, 3.05) is 13.1 Å². The van der Waals surface area contributed by atoms with Crippen LogP contribution in [0.25, 0.3) is 0 Å². The largest absolute Gasteiger partial charge is 0.444 e. The Hall–Kier alpha value is -2.86. The van der Waals surface area contributed by atoms with Gasteiger partial charge in [0.25, 0.3) is 0 Å². The second kappa shape index (κ2) is 9.65. The molecule has 1 saturated heterocycles. The van der Waals surface area contributed by atoms with Crippen molar-refractivity contribution < 1.29 is 14.3 Å². The highest BCUT2D eigenvalue weighted by atomic mass is 16.6. The van der Waals surface area contributed by atoms with Gasteiger partial charge < -0.3 is 10.1 Å². The van der Waals surface area contributed by atoms with Crippen LogP contribution in [-0.2, 0) is 29.0 Å². The van der Waals surface area contributed by atoms with Gasteiger partial charge in [0.15, 0.2) is 0 Å². The minimum atomic E-state index is -0.611. The van der Waals surface area contributed by atoms with Crippen LogP contribution in [0.3, 0.4) is 0 Å². The van der Waals surface area contributed by atoms with Crippen LogP contribution in [0.4, 0.5) is 4.79 Å². The number of hydrogen-bond acceptors (Lipinski definition) is 4. The molecule has 6 nitrogen and oxygen atoms in total. The van der Waals surface area contributed by atoms with E-state index in [2.05, 4.69) is 46.6 Å². The van der Waals surface area contributed by atoms with Gasteiger partial charge in [-0.2, -0.15) is 0 Å². The molecule has 6 heteroatoms. The number of likely N-dealkylation sites (tertiary alicyclic amines) is 1. The number of nitrogens with zero attached hydrogens (tertiary/aromatic N) is 2. The SMILES string of the molecule is CC(C)(C)OC(=O)N1Cc2ccccc2CC1C(=O)NC1C2CCC1CN(Cc1ccccc1)C2. The van der Waals surface area contributed by atoms with Crippen LogP contribution in [0, 0.1) is 11.8 Å². The van der Waals surface area contributed by atoms with Crippen LogP contribution in [0.1, 0.15) is 50.3 Å². The van der Waals surface area contributed by atoms with Gasteiger partial charge in [0.2, 0.25) is 5.91 Å². The van der Waals surface area contributed by atoms with E-state index in [1.807, 2.05) is 39.0 Å². The summed E-state index contributed by atoms with van der Waals surface area (Å²) in [7, 11) is 0. The minimum Gasteiger partial charge on any atom is -0.444 e. The van der Waals surface area contributed by atoms with Gasteiger partial charge in [-0.1, -0.05) is 54.6 Å². The Bertz CT molecular complexity index is 1050. The van der Waals surface area contributed by atoms with Crippen molar-refractivity contribution in [3.05, 3.63) is 71.3 Å². The van der Waals surface area contributed by atoms with Crippen LogP contribution in [0.2, 0.25) is 0 Å². The summed E-state index contributed by atoms with van der Waals surface area (Å²) in [4.78, 5) is 30.9. The van der Waals surface area contributed by atoms with Crippen molar-refractivity contribution in [1.82, 2.24) is 15.1 Å². The predicted octanol–water partition coefficient (Wildman–Crippen LogP) is 4.38. The zero-order valence-electron chi connectivity index (χ0n) is 21.1. The molecule has 1 saturated carbocycles. The quantitative estimate of drug-likeness (QED) is 0.713. The second-order valence-corrected chi connectivity index (χ2v) is 11.4. The molecule has 3 unspecified atom stereocenters. The number of rotatable bonds is 4. The molecule has 3 atom stereocenters. The Morgan fingerprint density at radius 2 is 1.57 bits per heavy atom. The number of hydrogen-bond donors (Lipinski definition) is 1. The normalized spacial score (nSPS) is 26.2. The summed E-state index contributed by atoms with van der Waals surface area (Å²) in [6.45, 7) is 8.93. The molecule has 2 aromatic rings. The zero-order chi connectivity index (χ0) is 24.6. The molecular weight excluding hydrogens is 438 g/mol. The third-order valence-corrected chi connectivity index (χ3v) is 7.65. The van der Waals surface area contributed by atoms with Crippen LogP contribution in [0.15, 0.2) is 54.6 Å². The molecule has 1 N–H and O–H groups in total. The van der Waals surface area contributed by atoms with E-state index >= 15 is 0 Å². The number of fused-ring (bicyclic) bond motifs is 3. The van der Waals surface area contributed by atoms with E-state index in [0.717, 1.165) is 43.6 Å². The van der Waals surface area contributed by atoms with Gasteiger partial charge in [-0.3, -0.25) is 14.6 Å². The van der Waals surface area contributed by atoms with Gasteiger partial charge in [-0.05, 0) is 62.1 Å². The summed E-state index contributed by atoms with van der Waals surface area (Å²) < 4.78 is 5.69. The Kier molecular flexibility index (Phi) is 6.58. The monoisotopic (exact) mass is 475 g/mol. The fourth-order valence-corrected chi connectivity index (χ4v) is 6.06. The molecule has 0 spiro atoms. The van der Waals surface area contributed by atoms with E-state index in [-0.39, 0.29) is 11.9 Å². The number of carbonyl (C=O) groups is 2. The maximum atomic E-state index is 13.7. The maximum absolute atomic E-state index is 13.7. The molecule has 0 aromatic heterocycles. The van der Waals surface area contributed by atoms with E-state index in [9.17, 15) is 9.59 Å². The Morgan fingerprint density at radius 3 is 2.23 bits per heavy atom. The first-order valence-corrected chi connectivity index (χ1v) is 12.9. The van der Waals surface area contributed by atoms with Crippen molar-refractivity contribution in [2.45, 2.75) is 70.8 Å². The summed E-state index contributed by atoms with van der Waals surface area (Å²) in [5, 5.41) is 3.40. The third-order valence-electron chi connectivity index (χ3n) is 7.65. The van der Waals surface area contributed by atoms with Crippen molar-refractivity contribution >= 4 is 12.0 Å². The maximum Gasteiger partial charge on any atom is 0.411 e. The van der Waals surface area contributed by atoms with E-state index in [4.69, 9.17) is 4.74 Å². The zero-order valence-corrected chi connectivity index (χ0v) is 21.1. The molecule has 3 aliphatic rings. The van der Waals surface area contributed by atoms with Crippen molar-refractivity contribution in [3.63, 3.8) is 0 Å². The molecule has 2 aliphatic heterocycles. The number of piperidine rings is 1. The standard InChI is InChI=1S/C29H37N3O3/c1-29(2,3)35-28(34)32-19-22-12-8-7-11-21(22)15-25(32)27(33)30-26-23-13-14-24(26)18-31(17-23)16-20-9-5-4-6-10-20/h4-12,23-26H,13-19H2,1-3H3,(H,30,33). The Balaban J connectivity index is 1.28. The fourth-order valence-electron chi connectivity index (χ4n) is 6.06. The predicted molar refractivity (Wildman–Crippen MR) is 136 cm³/mol. The van der Waals surface area contributed by atoms with Crippen LogP contribution >= 0.6 is 0 Å². The van der Waals surface area contributed by atoms with Crippen LogP contribution in [-0.4, -0.2) is 52.6 Å². The van der Waals surface area contributed by atoms with Crippen molar-refractivity contribution in [2.24, 2.45) is 11.8 Å². The summed E-state index contributed by atoms with van der Waals surface area (Å²) >= 11 is 0. The molecule has 2 amide bonds. The molecule has 2 aromatic carbocycles. The first-order valence-electron chi connectivity index (χ1n) is 12.9. The van der Waals surface area contributed by atoms with Gasteiger partial charge in [-0.15, -0.1) is 0 Å². The lowest BCUT2D eigenvalue weighted by atomic mass is 9.90. The van der Waals surface area contributed by atoms with Crippen LogP contribution in [0.5, 0.6) is 0 Å². The number of benzene rings is 2. The average Bonchev–Trinajstić information content (AvgIpc) is 3.05. The highest BCUT2D eigenvalue weighted by molar-refractivity contribution is 5.87. The van der Waals surface area contributed by atoms with Gasteiger partial charge in [0.05, 0.1) is 6.54 Å². The Morgan fingerprint density at radius 1 is 0.943 bits per heavy atom. The van der Waals surface area contributed by atoms with Gasteiger partial charge in [-0.25, -0.2) is 4.79 Å². The van der Waals surface area contributed by atoms with Gasteiger partial charge >= 0.3 is 6.09 Å². The molecule has 2 heterocycles. The number of nitrogens with one attached hydrogen (secondary N) is 1. The molecule has 186 valence electrons. The number of ether oxygens (including phenoxy) is 1. The lowest BCUT2D eigenvalue weighted by Crippen LogP contribution is -2.58. The molecule has 1 aliphatic carbocycles. The molecule has 2 bridgehead atoms. The lowest BCUT2D eigenvalue weighted by Gasteiger charge is -2.41. The van der Waals surface area contributed by atoms with E-state index in [1.165, 1.54) is 5.56 Å². The highest BCUT2D eigenvalue weighted by Crippen LogP contribution is 2.38. The first kappa shape index (κ1) is 23.9. The summed E-state index contributed by atoms with van der Waals surface area (Å²) in [6, 6.07) is 18.3. The number of amides is 2. The lowest BCUT2D eigenvalue weighted by molar-refractivity contribution is -0.128. The average molecular weight is 476 g/mol. The van der Waals surface area contributed by atoms with Crippen molar-refractivity contribution in [3.8, 4) is 0 Å². The van der Waals surface area contributed by atoms with E-state index in [0.29, 0.717) is 24.8 Å². The topological polar surface area (TPSA) is 61.9 Å². The smallest absolute Gasteiger partial charge is 0.411 e. The number of carbonyl (C=O) groups excluding carboxylic acids is 2. The Labute approximate surface area is 208 Å². The molecule has 2 fully saturated rings. The highest BCUT2D eigenvalue weighted by Gasteiger charge is 2.45. The summed E-state index contributed by atoms with van der Waals surface area (Å²) in [6.07, 6.45) is 2.38. The molecule has 0 radical (unpaired) electrons.